The molecular weight excluding hydrogens is 216 g/mol. The van der Waals surface area contributed by atoms with Crippen LogP contribution in [0.2, 0.25) is 0 Å². The fraction of sp³-hybridized carbons (Fsp3) is 0.111. The second-order valence-corrected chi connectivity index (χ2v) is 4.19. The van der Waals surface area contributed by atoms with Crippen molar-refractivity contribution in [3.8, 4) is 12.3 Å². The van der Waals surface area contributed by atoms with Crippen LogP contribution in [-0.2, 0) is 5.41 Å². The first-order chi connectivity index (χ1) is 8.83. The predicted molar refractivity (Wildman–Crippen MR) is 74.9 cm³/mol. The Balaban J connectivity index is 2.62. The van der Waals surface area contributed by atoms with E-state index in [1.165, 1.54) is 6.08 Å². The third-order valence-electron chi connectivity index (χ3n) is 3.19. The van der Waals surface area contributed by atoms with Crippen LogP contribution in [-0.4, -0.2) is 0 Å². The molecule has 2 rings (SSSR count). The largest absolute Gasteiger partial charge is 0.119 e. The van der Waals surface area contributed by atoms with Crippen LogP contribution >= 0.6 is 0 Å². The van der Waals surface area contributed by atoms with Gasteiger partial charge < -0.3 is 0 Å². The van der Waals surface area contributed by atoms with Crippen LogP contribution in [0.4, 0.5) is 0 Å². The summed E-state index contributed by atoms with van der Waals surface area (Å²) in [6.07, 6.45) is 7.70. The molecular formula is C18H14. The number of allylic oxidation sites excluding steroid dienone is 1. The van der Waals surface area contributed by atoms with Gasteiger partial charge in [-0.1, -0.05) is 72.7 Å². The van der Waals surface area contributed by atoms with Gasteiger partial charge in [-0.2, -0.15) is 0 Å². The van der Waals surface area contributed by atoms with Crippen LogP contribution in [0, 0.1) is 18.9 Å². The van der Waals surface area contributed by atoms with Crippen LogP contribution in [0.15, 0.2) is 66.7 Å². The zero-order chi connectivity index (χ0) is 12.8. The molecule has 0 aliphatic carbocycles. The number of rotatable bonds is 4. The lowest BCUT2D eigenvalue weighted by atomic mass is 9.73. The first kappa shape index (κ1) is 12.2. The van der Waals surface area contributed by atoms with Crippen molar-refractivity contribution in [1.82, 2.24) is 0 Å². The van der Waals surface area contributed by atoms with Crippen molar-refractivity contribution >= 4 is 0 Å². The summed E-state index contributed by atoms with van der Waals surface area (Å²) in [5, 5.41) is 0. The molecule has 0 spiro atoms. The van der Waals surface area contributed by atoms with Gasteiger partial charge in [-0.15, -0.1) is 6.42 Å². The fourth-order valence-corrected chi connectivity index (χ4v) is 2.23. The maximum absolute atomic E-state index is 7.44. The van der Waals surface area contributed by atoms with Gasteiger partial charge in [-0.25, -0.2) is 0 Å². The molecule has 0 aliphatic heterocycles. The van der Waals surface area contributed by atoms with E-state index >= 15 is 0 Å². The summed E-state index contributed by atoms with van der Waals surface area (Å²) in [4.78, 5) is 0. The zero-order valence-electron chi connectivity index (χ0n) is 10.1. The summed E-state index contributed by atoms with van der Waals surface area (Å²) >= 11 is 0. The molecule has 18 heavy (non-hydrogen) atoms. The number of terminal acetylenes is 1. The number of benzene rings is 2. The first-order valence-electron chi connectivity index (χ1n) is 5.91. The van der Waals surface area contributed by atoms with Crippen molar-refractivity contribution in [2.45, 2.75) is 11.8 Å². The van der Waals surface area contributed by atoms with E-state index in [4.69, 9.17) is 13.0 Å². The molecule has 0 fully saturated rings. The highest BCUT2D eigenvalue weighted by atomic mass is 14.3. The molecule has 2 radical (unpaired) electrons. The highest BCUT2D eigenvalue weighted by Gasteiger charge is 2.30. The van der Waals surface area contributed by atoms with E-state index < -0.39 is 5.41 Å². The molecule has 0 aliphatic rings. The Kier molecular flexibility index (Phi) is 3.65. The Hall–Kier alpha value is -2.26. The molecule has 2 aromatic rings. The maximum atomic E-state index is 7.44. The molecule has 0 nitrogen and oxygen atoms in total. The third-order valence-corrected chi connectivity index (χ3v) is 3.19. The fourth-order valence-electron chi connectivity index (χ4n) is 2.23. The molecule has 0 bridgehead atoms. The highest BCUT2D eigenvalue weighted by Crippen LogP contribution is 2.35. The highest BCUT2D eigenvalue weighted by molar-refractivity contribution is 5.47. The molecule has 86 valence electrons. The van der Waals surface area contributed by atoms with Gasteiger partial charge in [0.1, 0.15) is 0 Å². The quantitative estimate of drug-likeness (QED) is 0.700. The van der Waals surface area contributed by atoms with Crippen molar-refractivity contribution in [3.63, 3.8) is 0 Å². The molecule has 0 atom stereocenters. The van der Waals surface area contributed by atoms with E-state index in [9.17, 15) is 0 Å². The normalized spacial score (nSPS) is 10.6. The molecule has 0 heterocycles. The number of hydrogen-bond donors (Lipinski definition) is 0. The van der Waals surface area contributed by atoms with Gasteiger partial charge in [0.2, 0.25) is 0 Å². The predicted octanol–water partition coefficient (Wildman–Crippen LogP) is 3.86. The molecule has 0 heteroatoms. The molecule has 0 aromatic heterocycles. The Morgan fingerprint density at radius 3 is 1.72 bits per heavy atom. The SMILES string of the molecule is [C]=CCC(C#C)(c1ccccc1)c1ccccc1. The van der Waals surface area contributed by atoms with E-state index in [1.807, 2.05) is 60.7 Å². The monoisotopic (exact) mass is 230 g/mol. The van der Waals surface area contributed by atoms with Gasteiger partial charge in [0.25, 0.3) is 0 Å². The van der Waals surface area contributed by atoms with Crippen LogP contribution in [0.25, 0.3) is 0 Å². The topological polar surface area (TPSA) is 0 Å². The minimum absolute atomic E-state index is 0.511. The average molecular weight is 230 g/mol. The van der Waals surface area contributed by atoms with Gasteiger partial charge >= 0.3 is 0 Å². The van der Waals surface area contributed by atoms with Crippen LogP contribution in [0.3, 0.4) is 0 Å². The Labute approximate surface area is 109 Å². The van der Waals surface area contributed by atoms with Crippen molar-refractivity contribution < 1.29 is 0 Å². The number of hydrogen-bond acceptors (Lipinski definition) is 0. The van der Waals surface area contributed by atoms with E-state index in [0.29, 0.717) is 6.42 Å². The summed E-state index contributed by atoms with van der Waals surface area (Å²) < 4.78 is 0. The lowest BCUT2D eigenvalue weighted by Crippen LogP contribution is -2.24. The van der Waals surface area contributed by atoms with Crippen molar-refractivity contribution in [2.75, 3.05) is 0 Å². The van der Waals surface area contributed by atoms with Crippen molar-refractivity contribution in [3.05, 3.63) is 84.4 Å². The second-order valence-electron chi connectivity index (χ2n) is 4.19. The lowest BCUT2D eigenvalue weighted by Gasteiger charge is -2.28. The Morgan fingerprint density at radius 2 is 1.39 bits per heavy atom. The smallest absolute Gasteiger partial charge is 0.0843 e. The molecule has 2 aromatic carbocycles. The summed E-state index contributed by atoms with van der Waals surface area (Å²) in [5.41, 5.74) is 1.58. The van der Waals surface area contributed by atoms with Crippen LogP contribution < -0.4 is 0 Å². The van der Waals surface area contributed by atoms with Gasteiger partial charge in [0.15, 0.2) is 0 Å². The minimum Gasteiger partial charge on any atom is -0.119 e. The summed E-state index contributed by atoms with van der Waals surface area (Å²) in [5.74, 6) is 2.90. The lowest BCUT2D eigenvalue weighted by molar-refractivity contribution is 0.680. The van der Waals surface area contributed by atoms with E-state index in [-0.39, 0.29) is 0 Å². The average Bonchev–Trinajstić information content (AvgIpc) is 2.47. The molecule has 0 N–H and O–H groups in total. The van der Waals surface area contributed by atoms with Crippen molar-refractivity contribution in [1.29, 1.82) is 0 Å². The van der Waals surface area contributed by atoms with Gasteiger partial charge in [-0.3, -0.25) is 0 Å². The Bertz CT molecular complexity index is 504. The maximum Gasteiger partial charge on any atom is 0.0843 e. The molecule has 0 amide bonds. The minimum atomic E-state index is -0.537. The van der Waals surface area contributed by atoms with Gasteiger partial charge in [-0.05, 0) is 24.1 Å². The van der Waals surface area contributed by atoms with Crippen LogP contribution in [0.1, 0.15) is 17.5 Å². The van der Waals surface area contributed by atoms with Gasteiger partial charge in [0.05, 0.1) is 5.41 Å². The second kappa shape index (κ2) is 5.38. The standard InChI is InChI=1S/C18H14/c1-3-15-18(4-2,16-11-7-5-8-12-16)17-13-9-6-10-14-17/h2-3,5-14H,15H2. The molecule has 0 saturated carbocycles. The first-order valence-corrected chi connectivity index (χ1v) is 5.91. The van der Waals surface area contributed by atoms with E-state index in [0.717, 1.165) is 11.1 Å². The summed E-state index contributed by atoms with van der Waals surface area (Å²) in [6.45, 7) is 7.44. The molecule has 0 unspecified atom stereocenters. The van der Waals surface area contributed by atoms with E-state index in [2.05, 4.69) is 5.92 Å². The van der Waals surface area contributed by atoms with E-state index in [1.54, 1.807) is 0 Å². The zero-order valence-corrected chi connectivity index (χ0v) is 10.1. The third kappa shape index (κ3) is 2.08. The van der Waals surface area contributed by atoms with Crippen LogP contribution in [0.5, 0.6) is 0 Å². The summed E-state index contributed by atoms with van der Waals surface area (Å²) in [7, 11) is 0. The van der Waals surface area contributed by atoms with Crippen molar-refractivity contribution in [2.24, 2.45) is 0 Å². The summed E-state index contributed by atoms with van der Waals surface area (Å²) in [6, 6.07) is 20.0. The van der Waals surface area contributed by atoms with Gasteiger partial charge in [0, 0.05) is 0 Å². The Morgan fingerprint density at radius 1 is 0.944 bits per heavy atom. The molecule has 0 saturated heterocycles.